The first-order valence-electron chi connectivity index (χ1n) is 6.37. The first kappa shape index (κ1) is 14.0. The van der Waals surface area contributed by atoms with Gasteiger partial charge in [-0.15, -0.1) is 0 Å². The van der Waals surface area contributed by atoms with Crippen LogP contribution in [0.2, 0.25) is 0 Å². The average Bonchev–Trinajstić information content (AvgIpc) is 2.69. The molecule has 1 saturated heterocycles. The van der Waals surface area contributed by atoms with Crippen molar-refractivity contribution in [3.63, 3.8) is 0 Å². The van der Waals surface area contributed by atoms with Crippen LogP contribution in [0.15, 0.2) is 18.2 Å². The van der Waals surface area contributed by atoms with Crippen molar-refractivity contribution in [2.45, 2.75) is 25.8 Å². The van der Waals surface area contributed by atoms with Crippen molar-refractivity contribution in [1.29, 1.82) is 5.26 Å². The van der Waals surface area contributed by atoms with Gasteiger partial charge in [-0.05, 0) is 24.6 Å². The normalized spacial score (nSPS) is 18.2. The SMILES string of the molecule is CCCN1C(=O)CC(Nc2ccc(F)c(C#N)c2)C1=O. The summed E-state index contributed by atoms with van der Waals surface area (Å²) in [6.07, 6.45) is 0.789. The van der Waals surface area contributed by atoms with Gasteiger partial charge in [0, 0.05) is 12.2 Å². The number of carbonyl (C=O) groups is 2. The van der Waals surface area contributed by atoms with Crippen molar-refractivity contribution >= 4 is 17.5 Å². The van der Waals surface area contributed by atoms with Gasteiger partial charge in [0.15, 0.2) is 0 Å². The zero-order valence-corrected chi connectivity index (χ0v) is 11.0. The van der Waals surface area contributed by atoms with Crippen LogP contribution in [-0.2, 0) is 9.59 Å². The Bertz CT molecular complexity index is 595. The molecule has 1 N–H and O–H groups in total. The van der Waals surface area contributed by atoms with E-state index in [1.807, 2.05) is 6.92 Å². The van der Waals surface area contributed by atoms with Gasteiger partial charge in [-0.3, -0.25) is 14.5 Å². The molecule has 1 heterocycles. The topological polar surface area (TPSA) is 73.2 Å². The summed E-state index contributed by atoms with van der Waals surface area (Å²) < 4.78 is 13.2. The zero-order chi connectivity index (χ0) is 14.7. The fourth-order valence-electron chi connectivity index (χ4n) is 2.16. The summed E-state index contributed by atoms with van der Waals surface area (Å²) in [5.74, 6) is -1.10. The van der Waals surface area contributed by atoms with Crippen LogP contribution in [0.25, 0.3) is 0 Å². The van der Waals surface area contributed by atoms with Gasteiger partial charge in [0.05, 0.1) is 12.0 Å². The summed E-state index contributed by atoms with van der Waals surface area (Å²) in [4.78, 5) is 25.0. The lowest BCUT2D eigenvalue weighted by atomic mass is 10.1. The molecule has 5 nitrogen and oxygen atoms in total. The minimum absolute atomic E-state index is 0.0814. The number of halogens is 1. The molecular weight excluding hydrogens is 261 g/mol. The first-order chi connectivity index (χ1) is 9.56. The summed E-state index contributed by atoms with van der Waals surface area (Å²) in [7, 11) is 0. The third-order valence-corrected chi connectivity index (χ3v) is 3.12. The van der Waals surface area contributed by atoms with Gasteiger partial charge >= 0.3 is 0 Å². The Kier molecular flexibility index (Phi) is 3.99. The summed E-state index contributed by atoms with van der Waals surface area (Å²) in [6.45, 7) is 2.29. The molecule has 0 aliphatic carbocycles. The van der Waals surface area contributed by atoms with Crippen LogP contribution in [0.4, 0.5) is 10.1 Å². The molecule has 0 spiro atoms. The summed E-state index contributed by atoms with van der Waals surface area (Å²) in [5.41, 5.74) is 0.352. The van der Waals surface area contributed by atoms with Gasteiger partial charge in [-0.2, -0.15) is 5.26 Å². The van der Waals surface area contributed by atoms with E-state index >= 15 is 0 Å². The highest BCUT2D eigenvalue weighted by Crippen LogP contribution is 2.20. The molecule has 1 aromatic carbocycles. The number of carbonyl (C=O) groups excluding carboxylic acids is 2. The molecule has 1 atom stereocenters. The Morgan fingerprint density at radius 3 is 2.90 bits per heavy atom. The number of nitrogens with one attached hydrogen (secondary N) is 1. The van der Waals surface area contributed by atoms with Crippen LogP contribution in [0.3, 0.4) is 0 Å². The van der Waals surface area contributed by atoms with Crippen LogP contribution >= 0.6 is 0 Å². The predicted octanol–water partition coefficient (Wildman–Crippen LogP) is 1.65. The summed E-state index contributed by atoms with van der Waals surface area (Å²) in [6, 6.07) is 5.01. The maximum absolute atomic E-state index is 13.2. The average molecular weight is 275 g/mol. The number of nitriles is 1. The Morgan fingerprint density at radius 2 is 2.25 bits per heavy atom. The molecule has 1 aromatic rings. The number of rotatable bonds is 4. The lowest BCUT2D eigenvalue weighted by Gasteiger charge is -2.15. The molecule has 2 rings (SSSR count). The molecular formula is C14H14FN3O2. The van der Waals surface area contributed by atoms with Crippen LogP contribution < -0.4 is 5.32 Å². The highest BCUT2D eigenvalue weighted by molar-refractivity contribution is 6.06. The minimum atomic E-state index is -0.647. The van der Waals surface area contributed by atoms with Gasteiger partial charge in [0.25, 0.3) is 5.91 Å². The molecule has 20 heavy (non-hydrogen) atoms. The lowest BCUT2D eigenvalue weighted by molar-refractivity contribution is -0.138. The second-order valence-corrected chi connectivity index (χ2v) is 4.59. The standard InChI is InChI=1S/C14H14FN3O2/c1-2-5-18-13(19)7-12(14(18)20)17-10-3-4-11(15)9(6-10)8-16/h3-4,6,12,17H,2,5,7H2,1H3. The number of imide groups is 1. The molecule has 0 bridgehead atoms. The zero-order valence-electron chi connectivity index (χ0n) is 11.0. The summed E-state index contributed by atoms with van der Waals surface area (Å²) in [5, 5.41) is 11.6. The number of likely N-dealkylation sites (tertiary alicyclic amines) is 1. The Balaban J connectivity index is 2.13. The molecule has 1 aliphatic heterocycles. The van der Waals surface area contributed by atoms with Crippen molar-refractivity contribution < 1.29 is 14.0 Å². The maximum Gasteiger partial charge on any atom is 0.252 e. The fraction of sp³-hybridized carbons (Fsp3) is 0.357. The molecule has 1 aliphatic rings. The Morgan fingerprint density at radius 1 is 1.50 bits per heavy atom. The highest BCUT2D eigenvalue weighted by Gasteiger charge is 2.37. The second-order valence-electron chi connectivity index (χ2n) is 4.59. The minimum Gasteiger partial charge on any atom is -0.373 e. The van der Waals surface area contributed by atoms with E-state index in [0.29, 0.717) is 18.7 Å². The largest absolute Gasteiger partial charge is 0.373 e. The van der Waals surface area contributed by atoms with Gasteiger partial charge in [0.2, 0.25) is 5.91 Å². The molecule has 1 fully saturated rings. The number of anilines is 1. The third kappa shape index (κ3) is 2.62. The van der Waals surface area contributed by atoms with E-state index in [1.54, 1.807) is 6.07 Å². The molecule has 0 radical (unpaired) electrons. The molecule has 104 valence electrons. The van der Waals surface area contributed by atoms with Crippen molar-refractivity contribution in [2.75, 3.05) is 11.9 Å². The quantitative estimate of drug-likeness (QED) is 0.848. The number of hydrogen-bond donors (Lipinski definition) is 1. The predicted molar refractivity (Wildman–Crippen MR) is 70.2 cm³/mol. The fourth-order valence-corrected chi connectivity index (χ4v) is 2.16. The van der Waals surface area contributed by atoms with Gasteiger partial charge < -0.3 is 5.32 Å². The number of benzene rings is 1. The molecule has 1 unspecified atom stereocenters. The monoisotopic (exact) mass is 275 g/mol. The van der Waals surface area contributed by atoms with E-state index in [2.05, 4.69) is 5.32 Å². The van der Waals surface area contributed by atoms with Crippen molar-refractivity contribution in [1.82, 2.24) is 4.90 Å². The van der Waals surface area contributed by atoms with Crippen LogP contribution in [-0.4, -0.2) is 29.3 Å². The van der Waals surface area contributed by atoms with E-state index in [-0.39, 0.29) is 23.8 Å². The Hall–Kier alpha value is -2.42. The molecule has 2 amide bonds. The first-order valence-corrected chi connectivity index (χ1v) is 6.37. The van der Waals surface area contributed by atoms with Gasteiger partial charge in [0.1, 0.15) is 17.9 Å². The van der Waals surface area contributed by atoms with Gasteiger partial charge in [-0.1, -0.05) is 6.92 Å². The Labute approximate surface area is 116 Å². The van der Waals surface area contributed by atoms with Gasteiger partial charge in [-0.25, -0.2) is 4.39 Å². The number of nitrogens with zero attached hydrogens (tertiary/aromatic N) is 2. The maximum atomic E-state index is 13.2. The van der Waals surface area contributed by atoms with E-state index in [9.17, 15) is 14.0 Å². The van der Waals surface area contributed by atoms with Crippen LogP contribution in [0.1, 0.15) is 25.3 Å². The van der Waals surface area contributed by atoms with E-state index < -0.39 is 11.9 Å². The molecule has 0 saturated carbocycles. The third-order valence-electron chi connectivity index (χ3n) is 3.12. The smallest absolute Gasteiger partial charge is 0.252 e. The number of hydrogen-bond acceptors (Lipinski definition) is 4. The number of amides is 2. The molecule has 0 aromatic heterocycles. The van der Waals surface area contributed by atoms with E-state index in [4.69, 9.17) is 5.26 Å². The van der Waals surface area contributed by atoms with E-state index in [1.165, 1.54) is 17.0 Å². The van der Waals surface area contributed by atoms with Crippen molar-refractivity contribution in [3.8, 4) is 6.07 Å². The van der Waals surface area contributed by atoms with Crippen LogP contribution in [0, 0.1) is 17.1 Å². The lowest BCUT2D eigenvalue weighted by Crippen LogP contribution is -2.35. The second kappa shape index (κ2) is 5.70. The van der Waals surface area contributed by atoms with Crippen LogP contribution in [0.5, 0.6) is 0 Å². The van der Waals surface area contributed by atoms with Crippen molar-refractivity contribution in [3.05, 3.63) is 29.6 Å². The van der Waals surface area contributed by atoms with E-state index in [0.717, 1.165) is 6.07 Å². The molecule has 6 heteroatoms. The highest BCUT2D eigenvalue weighted by atomic mass is 19.1. The van der Waals surface area contributed by atoms with Crippen molar-refractivity contribution in [2.24, 2.45) is 0 Å². The summed E-state index contributed by atoms with van der Waals surface area (Å²) >= 11 is 0.